The molecular weight excluding hydrogens is 458 g/mol. The van der Waals surface area contributed by atoms with Crippen molar-refractivity contribution in [2.75, 3.05) is 0 Å². The molecule has 33 heavy (non-hydrogen) atoms. The van der Waals surface area contributed by atoms with Gasteiger partial charge in [-0.2, -0.15) is 13.2 Å². The Labute approximate surface area is 191 Å². The van der Waals surface area contributed by atoms with E-state index in [-0.39, 0.29) is 5.92 Å². The van der Waals surface area contributed by atoms with E-state index in [2.05, 4.69) is 4.98 Å². The van der Waals surface area contributed by atoms with Gasteiger partial charge in [-0.15, -0.1) is 0 Å². The van der Waals surface area contributed by atoms with Crippen molar-refractivity contribution < 1.29 is 32.3 Å². The third-order valence-corrected chi connectivity index (χ3v) is 5.87. The summed E-state index contributed by atoms with van der Waals surface area (Å²) in [6.45, 7) is 3.97. The molecule has 2 aromatic carbocycles. The van der Waals surface area contributed by atoms with Crippen LogP contribution in [-0.4, -0.2) is 21.2 Å². The van der Waals surface area contributed by atoms with Crippen molar-refractivity contribution in [3.05, 3.63) is 94.1 Å². The highest BCUT2D eigenvalue weighted by Crippen LogP contribution is 2.33. The maximum absolute atomic E-state index is 13.3. The number of pyridine rings is 1. The normalized spacial score (nSPS) is 11.6. The van der Waals surface area contributed by atoms with E-state index in [0.29, 0.717) is 34.7 Å². The minimum absolute atomic E-state index is 0.176. The van der Waals surface area contributed by atoms with Gasteiger partial charge in [0.1, 0.15) is 17.2 Å². The first kappa shape index (κ1) is 24.4. The number of carbonyl (C=O) groups excluding carboxylic acids is 1. The van der Waals surface area contributed by atoms with Crippen LogP contribution in [0.1, 0.15) is 63.0 Å². The zero-order valence-corrected chi connectivity index (χ0v) is 18.4. The van der Waals surface area contributed by atoms with Crippen molar-refractivity contribution in [2.45, 2.75) is 37.3 Å². The number of thioether (sulfide) groups is 1. The lowest BCUT2D eigenvalue weighted by Crippen LogP contribution is -2.15. The molecule has 0 aliphatic heterocycles. The molecule has 0 saturated carbocycles. The summed E-state index contributed by atoms with van der Waals surface area (Å²) in [4.78, 5) is 28.1. The van der Waals surface area contributed by atoms with Crippen LogP contribution in [0.15, 0.2) is 59.5 Å². The van der Waals surface area contributed by atoms with Gasteiger partial charge in [-0.25, -0.2) is 14.2 Å². The molecule has 0 fully saturated rings. The second-order valence-corrected chi connectivity index (χ2v) is 8.62. The highest BCUT2D eigenvalue weighted by molar-refractivity contribution is 8.14. The van der Waals surface area contributed by atoms with Crippen LogP contribution in [0.3, 0.4) is 0 Å². The third-order valence-electron chi connectivity index (χ3n) is 4.87. The summed E-state index contributed by atoms with van der Waals surface area (Å²) in [6, 6.07) is 12.4. The average Bonchev–Trinajstić information content (AvgIpc) is 2.75. The first-order valence-electron chi connectivity index (χ1n) is 9.86. The number of carboxylic acid groups (broad SMARTS) is 1. The molecule has 0 amide bonds. The molecule has 0 radical (unpaired) electrons. The Hall–Kier alpha value is -3.20. The fourth-order valence-corrected chi connectivity index (χ4v) is 3.96. The number of carbonyl (C=O) groups is 2. The molecule has 0 unspecified atom stereocenters. The van der Waals surface area contributed by atoms with E-state index in [1.165, 1.54) is 12.1 Å². The van der Waals surface area contributed by atoms with E-state index in [9.17, 15) is 32.3 Å². The molecule has 0 spiro atoms. The summed E-state index contributed by atoms with van der Waals surface area (Å²) in [5, 5.41) is 8.41. The summed E-state index contributed by atoms with van der Waals surface area (Å²) in [5.74, 6) is -1.77. The minimum atomic E-state index is -4.83. The smallest absolute Gasteiger partial charge is 0.433 e. The van der Waals surface area contributed by atoms with Gasteiger partial charge in [-0.05, 0) is 71.1 Å². The predicted octanol–water partition coefficient (Wildman–Crippen LogP) is 6.58. The van der Waals surface area contributed by atoms with Gasteiger partial charge in [0.05, 0.1) is 5.56 Å². The molecule has 0 saturated heterocycles. The van der Waals surface area contributed by atoms with Gasteiger partial charge in [0.2, 0.25) is 5.12 Å². The largest absolute Gasteiger partial charge is 0.478 e. The lowest BCUT2D eigenvalue weighted by molar-refractivity contribution is -0.141. The molecule has 9 heteroatoms. The number of aromatic nitrogens is 1. The summed E-state index contributed by atoms with van der Waals surface area (Å²) in [6.07, 6.45) is -4.48. The Kier molecular flexibility index (Phi) is 7.22. The van der Waals surface area contributed by atoms with Crippen molar-refractivity contribution in [1.82, 2.24) is 4.98 Å². The quantitative estimate of drug-likeness (QED) is 0.321. The number of nitrogens with zero attached hydrogens (tertiary/aromatic N) is 1. The molecule has 0 bridgehead atoms. The third kappa shape index (κ3) is 5.98. The Bertz CT molecular complexity index is 1190. The topological polar surface area (TPSA) is 67.3 Å². The molecule has 1 aromatic heterocycles. The minimum Gasteiger partial charge on any atom is -0.478 e. The predicted molar refractivity (Wildman–Crippen MR) is 116 cm³/mol. The molecule has 0 atom stereocenters. The summed E-state index contributed by atoms with van der Waals surface area (Å²) in [7, 11) is 0. The molecular formula is C24H19F4NO3S. The zero-order valence-electron chi connectivity index (χ0n) is 17.6. The summed E-state index contributed by atoms with van der Waals surface area (Å²) in [5.41, 5.74) is -0.280. The van der Waals surface area contributed by atoms with Crippen LogP contribution in [0.25, 0.3) is 0 Å². The van der Waals surface area contributed by atoms with Crippen LogP contribution in [0.4, 0.5) is 17.6 Å². The standard InChI is InChI=1S/C24H19F4NO3S/c1-13(2)15-5-9-19(16(12-15)11-14-3-6-17(25)7-4-14)33-23(32)21-18(22(30)31)8-10-20(29-21)24(26,27)28/h3-10,12-13H,11H2,1-2H3,(H,30,31). The number of halogens is 4. The van der Waals surface area contributed by atoms with E-state index in [1.807, 2.05) is 19.9 Å². The second kappa shape index (κ2) is 9.74. The first-order chi connectivity index (χ1) is 15.5. The van der Waals surface area contributed by atoms with Crippen LogP contribution in [0, 0.1) is 5.82 Å². The fourth-order valence-electron chi connectivity index (χ4n) is 3.11. The van der Waals surface area contributed by atoms with Gasteiger partial charge in [-0.1, -0.05) is 38.1 Å². The highest BCUT2D eigenvalue weighted by atomic mass is 32.2. The van der Waals surface area contributed by atoms with Crippen LogP contribution in [0.2, 0.25) is 0 Å². The molecule has 1 heterocycles. The Morgan fingerprint density at radius 2 is 1.70 bits per heavy atom. The Morgan fingerprint density at radius 1 is 1.03 bits per heavy atom. The van der Waals surface area contributed by atoms with Crippen molar-refractivity contribution in [2.24, 2.45) is 0 Å². The zero-order chi connectivity index (χ0) is 24.3. The molecule has 1 N–H and O–H groups in total. The van der Waals surface area contributed by atoms with Gasteiger partial charge < -0.3 is 5.11 Å². The van der Waals surface area contributed by atoms with Crippen LogP contribution in [0.5, 0.6) is 0 Å². The summed E-state index contributed by atoms with van der Waals surface area (Å²) >= 11 is 0.611. The lowest BCUT2D eigenvalue weighted by atomic mass is 9.97. The van der Waals surface area contributed by atoms with Gasteiger partial charge >= 0.3 is 12.1 Å². The lowest BCUT2D eigenvalue weighted by Gasteiger charge is -2.14. The molecule has 3 aromatic rings. The van der Waals surface area contributed by atoms with Gasteiger partial charge in [0, 0.05) is 4.90 Å². The first-order valence-corrected chi connectivity index (χ1v) is 10.7. The monoisotopic (exact) mass is 477 g/mol. The maximum Gasteiger partial charge on any atom is 0.433 e. The number of aromatic carboxylic acids is 1. The second-order valence-electron chi connectivity index (χ2n) is 7.61. The van der Waals surface area contributed by atoms with Crippen LogP contribution >= 0.6 is 11.8 Å². The molecule has 0 aliphatic rings. The van der Waals surface area contributed by atoms with Crippen molar-refractivity contribution >= 4 is 22.8 Å². The van der Waals surface area contributed by atoms with Gasteiger partial charge in [-0.3, -0.25) is 4.79 Å². The van der Waals surface area contributed by atoms with Crippen molar-refractivity contribution in [3.8, 4) is 0 Å². The van der Waals surface area contributed by atoms with Crippen molar-refractivity contribution in [3.63, 3.8) is 0 Å². The van der Waals surface area contributed by atoms with E-state index < -0.39 is 40.0 Å². The Morgan fingerprint density at radius 3 is 2.27 bits per heavy atom. The number of hydrogen-bond donors (Lipinski definition) is 1. The molecule has 4 nitrogen and oxygen atoms in total. The number of benzene rings is 2. The van der Waals surface area contributed by atoms with Crippen LogP contribution in [-0.2, 0) is 12.6 Å². The maximum atomic E-state index is 13.3. The van der Waals surface area contributed by atoms with E-state index in [1.54, 1.807) is 24.3 Å². The molecule has 0 aliphatic carbocycles. The average molecular weight is 477 g/mol. The summed E-state index contributed by atoms with van der Waals surface area (Å²) < 4.78 is 52.5. The van der Waals surface area contributed by atoms with E-state index in [4.69, 9.17) is 0 Å². The van der Waals surface area contributed by atoms with Crippen molar-refractivity contribution in [1.29, 1.82) is 0 Å². The number of hydrogen-bond acceptors (Lipinski definition) is 4. The van der Waals surface area contributed by atoms with Gasteiger partial charge in [0.25, 0.3) is 0 Å². The number of alkyl halides is 3. The number of rotatable bonds is 6. The van der Waals surface area contributed by atoms with Crippen LogP contribution < -0.4 is 0 Å². The number of carboxylic acids is 1. The highest BCUT2D eigenvalue weighted by Gasteiger charge is 2.34. The van der Waals surface area contributed by atoms with E-state index >= 15 is 0 Å². The molecule has 3 rings (SSSR count). The van der Waals surface area contributed by atoms with E-state index in [0.717, 1.165) is 17.2 Å². The van der Waals surface area contributed by atoms with Gasteiger partial charge in [0.15, 0.2) is 0 Å². The SMILES string of the molecule is CC(C)c1ccc(SC(=O)c2nc(C(F)(F)F)ccc2C(=O)O)c(Cc2ccc(F)cc2)c1. The molecule has 172 valence electrons. The Balaban J connectivity index is 2.01. The fraction of sp³-hybridized carbons (Fsp3) is 0.208.